The molecule has 0 radical (unpaired) electrons. The first-order valence-corrected chi connectivity index (χ1v) is 30.2. The molecule has 0 aromatic carbocycles. The van der Waals surface area contributed by atoms with Gasteiger partial charge in [0.25, 0.3) is 0 Å². The van der Waals surface area contributed by atoms with E-state index in [0.29, 0.717) is 0 Å². The smallest absolute Gasteiger partial charge is 0.397 e. The van der Waals surface area contributed by atoms with Gasteiger partial charge in [0.05, 0.1) is 25.9 Å². The summed E-state index contributed by atoms with van der Waals surface area (Å²) in [5.41, 5.74) is 6.15. The van der Waals surface area contributed by atoms with Crippen molar-refractivity contribution in [2.75, 3.05) is 19.8 Å². The molecular formula is C30H51N3O43S6. The van der Waals surface area contributed by atoms with Gasteiger partial charge >= 0.3 is 74.1 Å². The lowest BCUT2D eigenvalue weighted by atomic mass is 9.94. The van der Waals surface area contributed by atoms with Crippen molar-refractivity contribution in [3.8, 4) is 0 Å². The summed E-state index contributed by atoms with van der Waals surface area (Å²) in [4.78, 5) is 25.4. The molecule has 52 heteroatoms. The van der Waals surface area contributed by atoms with Crippen molar-refractivity contribution in [2.24, 2.45) is 5.73 Å². The number of carboxylic acids is 2. The SMILES string of the molecule is N[C@H]1[C@@H](O[C@H]2[C@H](O)[C@@H](OS(=O)(=O)O)[C@H](O[C@H]3[C@H](OS(=O)(=O)O)[C@@H](NS(=O)(=O)O)[C@@H](O)O[C@@H]3CO)O[C@H]2C(=O)O)O[C@H](CO)[C@@H](O[C@@H]2O[C@H](C(=O)O)[C@@H](O[C@H]3O[C@H](COS(=O)(=O)O)[C@@H](O)[C@H](O)[C@H]3NS(=O)(=O)O)[C@H](O)[C@H]2O)[C@@H]1OS(=O)(=O)O. The van der Waals surface area contributed by atoms with Crippen molar-refractivity contribution in [3.05, 3.63) is 0 Å². The molecule has 0 spiro atoms. The number of carbonyl (C=O) groups is 2. The van der Waals surface area contributed by atoms with Crippen LogP contribution >= 0.6 is 0 Å². The lowest BCUT2D eigenvalue weighted by Crippen LogP contribution is -2.70. The number of aliphatic hydroxyl groups is 8. The predicted octanol–water partition coefficient (Wildman–Crippen LogP) is -13.7. The van der Waals surface area contributed by atoms with Gasteiger partial charge in [-0.2, -0.15) is 60.0 Å². The summed E-state index contributed by atoms with van der Waals surface area (Å²) in [7, 11) is -34.2. The van der Waals surface area contributed by atoms with E-state index in [1.807, 2.05) is 0 Å². The molecule has 25 atom stereocenters. The standard InChI is InChI=1S/C30H51N3O43S6/c31-7-17(74-80(55,56)57)15(68-29-13(39)12(38)19(22(72-29)24(41)42)71-28-8(32-77(46,47)48)11(37)10(36)6(67-28)3-64-79(52,53)54)5(2-35)66-27(7)70-20-14(40)21(76-82(61,62)63)30(73-23(20)25(43)44)69-16-4(1-34)65-26(45)9(33-78(49,50)51)18(16)75-81(58,59)60/h4-23,26-30,32-40,45H,1-3,31H2,(H,41,42)(H,43,44)(H,46,47,48)(H,49,50,51)(H,52,53,54)(H,55,56,57)(H,58,59,60)(H,61,62,63)/t4-,5-,6-,7-,8-,9-,10-,11-,12-,13-,14+,15-,16-,17-,18-,19+,20+,21-,22+,23-,26+,27-,28-,29-,30-/m1/s1. The van der Waals surface area contributed by atoms with Gasteiger partial charge in [-0.15, -0.1) is 0 Å². The second-order valence-electron chi connectivity index (χ2n) is 17.4. The number of hydrogen-bond acceptors (Lipinski definition) is 36. The topological polar surface area (TPSA) is 733 Å². The van der Waals surface area contributed by atoms with Crippen molar-refractivity contribution in [1.82, 2.24) is 9.44 Å². The monoisotopic (exact) mass is 1330 g/mol. The van der Waals surface area contributed by atoms with Crippen LogP contribution < -0.4 is 15.2 Å². The Morgan fingerprint density at radius 2 is 0.841 bits per heavy atom. The van der Waals surface area contributed by atoms with Crippen LogP contribution in [0.15, 0.2) is 0 Å². The Balaban J connectivity index is 1.46. The van der Waals surface area contributed by atoms with E-state index < -0.39 is 247 Å². The van der Waals surface area contributed by atoms with Gasteiger partial charge in [0, 0.05) is 0 Å². The largest absolute Gasteiger partial charge is 0.479 e. The Morgan fingerprint density at radius 1 is 0.427 bits per heavy atom. The minimum Gasteiger partial charge on any atom is -0.479 e. The number of nitrogens with two attached hydrogens (primary N) is 1. The lowest BCUT2D eigenvalue weighted by Gasteiger charge is -2.50. The van der Waals surface area contributed by atoms with Gasteiger partial charge in [0.1, 0.15) is 97.5 Å². The third-order valence-corrected chi connectivity index (χ3v) is 14.8. The van der Waals surface area contributed by atoms with Crippen LogP contribution in [0.3, 0.4) is 0 Å². The van der Waals surface area contributed by atoms with Crippen LogP contribution in [-0.2, 0) is 131 Å². The summed E-state index contributed by atoms with van der Waals surface area (Å²) in [6, 6.07) is -7.60. The molecule has 0 aromatic heterocycles. The van der Waals surface area contributed by atoms with Crippen LogP contribution in [0.5, 0.6) is 0 Å². The van der Waals surface area contributed by atoms with E-state index >= 15 is 0 Å². The van der Waals surface area contributed by atoms with Gasteiger partial charge in [-0.1, -0.05) is 0 Å². The molecule has 20 N–H and O–H groups in total. The molecule has 5 aliphatic heterocycles. The zero-order valence-electron chi connectivity index (χ0n) is 39.8. The molecule has 0 aliphatic carbocycles. The van der Waals surface area contributed by atoms with Crippen LogP contribution in [0.2, 0.25) is 0 Å². The van der Waals surface area contributed by atoms with Gasteiger partial charge in [-0.3, -0.25) is 27.3 Å². The maximum Gasteiger partial charge on any atom is 0.397 e. The summed E-state index contributed by atoms with van der Waals surface area (Å²) in [6.45, 7) is -4.41. The molecule has 5 heterocycles. The van der Waals surface area contributed by atoms with E-state index in [1.165, 1.54) is 9.44 Å². The minimum atomic E-state index is -5.99. The fourth-order valence-electron chi connectivity index (χ4n) is 8.49. The normalized spacial score (nSPS) is 41.2. The number of nitrogens with one attached hydrogen (secondary N) is 2. The predicted molar refractivity (Wildman–Crippen MR) is 236 cm³/mol. The molecule has 0 amide bonds. The second kappa shape index (κ2) is 26.8. The van der Waals surface area contributed by atoms with Crippen LogP contribution in [-0.4, -0.2) is 314 Å². The molecule has 480 valence electrons. The highest BCUT2D eigenvalue weighted by Gasteiger charge is 2.60. The molecule has 5 saturated heterocycles. The Hall–Kier alpha value is -2.56. The Labute approximate surface area is 458 Å². The molecule has 5 rings (SSSR count). The fraction of sp³-hybridized carbons (Fsp3) is 0.933. The third kappa shape index (κ3) is 18.5. The molecule has 0 aromatic rings. The summed E-state index contributed by atoms with van der Waals surface area (Å²) < 4.78 is 266. The summed E-state index contributed by atoms with van der Waals surface area (Å²) >= 11 is 0. The van der Waals surface area contributed by atoms with Gasteiger partial charge < -0.3 is 99.4 Å². The van der Waals surface area contributed by atoms with Gasteiger partial charge in [-0.25, -0.2) is 26.3 Å². The van der Waals surface area contributed by atoms with Gasteiger partial charge in [0.15, 0.2) is 49.8 Å². The number of aliphatic hydroxyl groups excluding tert-OH is 8. The lowest BCUT2D eigenvalue weighted by molar-refractivity contribution is -0.372. The highest BCUT2D eigenvalue weighted by molar-refractivity contribution is 7.84. The zero-order valence-corrected chi connectivity index (χ0v) is 44.7. The average molecular weight is 1330 g/mol. The Kier molecular flexibility index (Phi) is 23.0. The summed E-state index contributed by atoms with van der Waals surface area (Å²) in [5, 5.41) is 106. The first-order valence-electron chi connectivity index (χ1n) is 21.8. The molecule has 0 bridgehead atoms. The molecular weight excluding hydrogens is 1280 g/mol. The quantitative estimate of drug-likeness (QED) is 0.0377. The van der Waals surface area contributed by atoms with Crippen LogP contribution in [0.1, 0.15) is 0 Å². The molecule has 82 heavy (non-hydrogen) atoms. The van der Waals surface area contributed by atoms with Gasteiger partial charge in [-0.05, 0) is 0 Å². The van der Waals surface area contributed by atoms with Crippen molar-refractivity contribution < 1.29 is 198 Å². The molecule has 0 unspecified atom stereocenters. The number of hydrogen-bond donors (Lipinski definition) is 19. The van der Waals surface area contributed by atoms with Crippen LogP contribution in [0, 0.1) is 0 Å². The van der Waals surface area contributed by atoms with E-state index in [-0.39, 0.29) is 0 Å². The van der Waals surface area contributed by atoms with Crippen molar-refractivity contribution in [1.29, 1.82) is 0 Å². The molecule has 5 fully saturated rings. The number of aliphatic carboxylic acids is 2. The molecule has 0 saturated carbocycles. The highest BCUT2D eigenvalue weighted by Crippen LogP contribution is 2.38. The van der Waals surface area contributed by atoms with Gasteiger partial charge in [0.2, 0.25) is 0 Å². The van der Waals surface area contributed by atoms with Crippen LogP contribution in [0.4, 0.5) is 0 Å². The van der Waals surface area contributed by atoms with Crippen molar-refractivity contribution >= 4 is 74.1 Å². The number of ether oxygens (including phenoxy) is 9. The van der Waals surface area contributed by atoms with Crippen molar-refractivity contribution in [3.63, 3.8) is 0 Å². The first kappa shape index (κ1) is 70.2. The van der Waals surface area contributed by atoms with E-state index in [4.69, 9.17) is 52.9 Å². The van der Waals surface area contributed by atoms with E-state index in [2.05, 4.69) is 16.7 Å². The number of carboxylic acid groups (broad SMARTS) is 2. The Bertz CT molecular complexity index is 2920. The average Bonchev–Trinajstić information content (AvgIpc) is 3.05. The minimum absolute atomic E-state index is 1.21. The van der Waals surface area contributed by atoms with Crippen LogP contribution in [0.25, 0.3) is 0 Å². The number of rotatable bonds is 25. The van der Waals surface area contributed by atoms with E-state index in [0.717, 1.165) is 0 Å². The maximum atomic E-state index is 12.8. The highest BCUT2D eigenvalue weighted by atomic mass is 32.3. The van der Waals surface area contributed by atoms with Crippen molar-refractivity contribution in [2.45, 2.75) is 153 Å². The maximum absolute atomic E-state index is 12.8. The summed E-state index contributed by atoms with van der Waals surface area (Å²) in [5.74, 6) is -4.55. The van der Waals surface area contributed by atoms with E-state index in [9.17, 15) is 134 Å². The van der Waals surface area contributed by atoms with E-state index in [1.54, 1.807) is 0 Å². The summed E-state index contributed by atoms with van der Waals surface area (Å²) in [6.07, 6.45) is -58.6. The molecule has 46 nitrogen and oxygen atoms in total. The first-order chi connectivity index (χ1) is 37.3. The Morgan fingerprint density at radius 3 is 1.33 bits per heavy atom. The zero-order chi connectivity index (χ0) is 62.3. The fourth-order valence-corrected chi connectivity index (χ4v) is 11.5. The third-order valence-electron chi connectivity index (χ3n) is 11.8. The second-order valence-corrected chi connectivity index (χ2v) is 24.0. The molecule has 5 aliphatic rings.